The molecule has 0 radical (unpaired) electrons. The predicted molar refractivity (Wildman–Crippen MR) is 83.3 cm³/mol. The summed E-state index contributed by atoms with van der Waals surface area (Å²) in [4.78, 5) is 7.10. The monoisotopic (exact) mass is 285 g/mol. The van der Waals surface area contributed by atoms with Crippen molar-refractivity contribution in [3.63, 3.8) is 0 Å². The number of likely N-dealkylation sites (tertiary alicyclic amines) is 1. The zero-order chi connectivity index (χ0) is 14.6. The third kappa shape index (κ3) is 6.57. The van der Waals surface area contributed by atoms with E-state index in [-0.39, 0.29) is 0 Å². The molecule has 1 aliphatic rings. The molecule has 0 bridgehead atoms. The van der Waals surface area contributed by atoms with Crippen molar-refractivity contribution in [2.75, 3.05) is 53.6 Å². The number of nitrogens with zero attached hydrogens (tertiary/aromatic N) is 2. The standard InChI is InChI=1S/C15H31N3O2/c1-4-16-15(17-9-6-5-7-11-19-2)18-10-8-14(12-18)13-20-3/h14H,4-13H2,1-3H3,(H,16,17). The van der Waals surface area contributed by atoms with Crippen molar-refractivity contribution in [2.45, 2.75) is 32.6 Å². The average molecular weight is 285 g/mol. The van der Waals surface area contributed by atoms with Crippen LogP contribution in [-0.4, -0.2) is 64.5 Å². The van der Waals surface area contributed by atoms with E-state index < -0.39 is 0 Å². The second-order valence-electron chi connectivity index (χ2n) is 5.35. The molecule has 0 aromatic carbocycles. The number of unbranched alkanes of at least 4 members (excludes halogenated alkanes) is 2. The molecule has 1 rings (SSSR count). The molecule has 118 valence electrons. The Morgan fingerprint density at radius 1 is 1.25 bits per heavy atom. The lowest BCUT2D eigenvalue weighted by Crippen LogP contribution is -2.40. The Hall–Kier alpha value is -0.810. The van der Waals surface area contributed by atoms with Crippen molar-refractivity contribution < 1.29 is 9.47 Å². The molecule has 1 aliphatic heterocycles. The van der Waals surface area contributed by atoms with Gasteiger partial charge in [0.1, 0.15) is 0 Å². The highest BCUT2D eigenvalue weighted by molar-refractivity contribution is 5.80. The second kappa shape index (κ2) is 10.9. The van der Waals surface area contributed by atoms with Gasteiger partial charge in [0.2, 0.25) is 0 Å². The van der Waals surface area contributed by atoms with E-state index in [4.69, 9.17) is 14.5 Å². The lowest BCUT2D eigenvalue weighted by atomic mass is 10.1. The fourth-order valence-electron chi connectivity index (χ4n) is 2.54. The molecule has 1 fully saturated rings. The van der Waals surface area contributed by atoms with E-state index in [0.29, 0.717) is 5.92 Å². The zero-order valence-corrected chi connectivity index (χ0v) is 13.4. The van der Waals surface area contributed by atoms with E-state index in [9.17, 15) is 0 Å². The molecule has 0 spiro atoms. The highest BCUT2D eigenvalue weighted by Gasteiger charge is 2.24. The molecule has 1 heterocycles. The number of hydrogen-bond donors (Lipinski definition) is 1. The van der Waals surface area contributed by atoms with Crippen LogP contribution in [0.2, 0.25) is 0 Å². The zero-order valence-electron chi connectivity index (χ0n) is 13.4. The molecule has 5 heteroatoms. The summed E-state index contributed by atoms with van der Waals surface area (Å²) in [5, 5.41) is 3.40. The number of rotatable bonds is 9. The van der Waals surface area contributed by atoms with Crippen molar-refractivity contribution in [3.8, 4) is 0 Å². The summed E-state index contributed by atoms with van der Waals surface area (Å²) in [7, 11) is 3.53. The average Bonchev–Trinajstić information content (AvgIpc) is 2.90. The van der Waals surface area contributed by atoms with Crippen molar-refractivity contribution >= 4 is 5.96 Å². The molecule has 1 atom stereocenters. The van der Waals surface area contributed by atoms with Crippen LogP contribution >= 0.6 is 0 Å². The van der Waals surface area contributed by atoms with Gasteiger partial charge in [-0.25, -0.2) is 0 Å². The van der Waals surface area contributed by atoms with Crippen LogP contribution < -0.4 is 5.32 Å². The first-order valence-electron chi connectivity index (χ1n) is 7.83. The van der Waals surface area contributed by atoms with Gasteiger partial charge in [0.25, 0.3) is 0 Å². The first-order valence-corrected chi connectivity index (χ1v) is 7.83. The summed E-state index contributed by atoms with van der Waals surface area (Å²) >= 11 is 0. The van der Waals surface area contributed by atoms with E-state index in [2.05, 4.69) is 17.1 Å². The van der Waals surface area contributed by atoms with Gasteiger partial charge in [0, 0.05) is 52.9 Å². The molecule has 0 saturated carbocycles. The maximum absolute atomic E-state index is 5.25. The quantitative estimate of drug-likeness (QED) is 0.398. The molecule has 0 aromatic heterocycles. The Kier molecular flexibility index (Phi) is 9.41. The maximum atomic E-state index is 5.25. The fraction of sp³-hybridized carbons (Fsp3) is 0.933. The van der Waals surface area contributed by atoms with Gasteiger partial charge in [0.15, 0.2) is 5.96 Å². The molecular weight excluding hydrogens is 254 g/mol. The molecule has 0 amide bonds. The van der Waals surface area contributed by atoms with Gasteiger partial charge in [-0.2, -0.15) is 0 Å². The number of ether oxygens (including phenoxy) is 2. The fourth-order valence-corrected chi connectivity index (χ4v) is 2.54. The van der Waals surface area contributed by atoms with Crippen LogP contribution in [0.1, 0.15) is 32.6 Å². The van der Waals surface area contributed by atoms with Crippen LogP contribution in [0, 0.1) is 5.92 Å². The first kappa shape index (κ1) is 17.2. The Balaban J connectivity index is 2.31. The Labute approximate surface area is 123 Å². The van der Waals surface area contributed by atoms with Gasteiger partial charge < -0.3 is 19.7 Å². The molecule has 1 saturated heterocycles. The van der Waals surface area contributed by atoms with Crippen molar-refractivity contribution in [1.29, 1.82) is 0 Å². The number of hydrogen-bond acceptors (Lipinski definition) is 3. The van der Waals surface area contributed by atoms with Gasteiger partial charge in [-0.1, -0.05) is 0 Å². The highest BCUT2D eigenvalue weighted by atomic mass is 16.5. The number of nitrogens with one attached hydrogen (secondary N) is 1. The molecular formula is C15H31N3O2. The number of guanidine groups is 1. The van der Waals surface area contributed by atoms with Crippen LogP contribution in [0.4, 0.5) is 0 Å². The number of methoxy groups -OCH3 is 2. The minimum atomic E-state index is 0.644. The van der Waals surface area contributed by atoms with E-state index in [1.165, 1.54) is 12.8 Å². The Morgan fingerprint density at radius 2 is 2.10 bits per heavy atom. The Morgan fingerprint density at radius 3 is 2.80 bits per heavy atom. The van der Waals surface area contributed by atoms with E-state index in [1.54, 1.807) is 14.2 Å². The smallest absolute Gasteiger partial charge is 0.193 e. The van der Waals surface area contributed by atoms with Crippen LogP contribution in [0.25, 0.3) is 0 Å². The lowest BCUT2D eigenvalue weighted by Gasteiger charge is -2.21. The highest BCUT2D eigenvalue weighted by Crippen LogP contribution is 2.16. The third-order valence-corrected chi connectivity index (χ3v) is 3.59. The normalized spacial score (nSPS) is 19.6. The molecule has 5 nitrogen and oxygen atoms in total. The predicted octanol–water partition coefficient (Wildman–Crippen LogP) is 1.74. The van der Waals surface area contributed by atoms with Crippen LogP contribution in [-0.2, 0) is 9.47 Å². The molecule has 0 aromatic rings. The third-order valence-electron chi connectivity index (χ3n) is 3.59. The van der Waals surface area contributed by atoms with E-state index in [1.807, 2.05) is 0 Å². The summed E-state index contributed by atoms with van der Waals surface area (Å²) in [6, 6.07) is 0. The SMILES string of the molecule is CCNC(=NCCCCCOC)N1CCC(COC)C1. The van der Waals surface area contributed by atoms with Crippen molar-refractivity contribution in [1.82, 2.24) is 10.2 Å². The second-order valence-corrected chi connectivity index (χ2v) is 5.35. The Bertz CT molecular complexity index is 272. The van der Waals surface area contributed by atoms with Gasteiger partial charge in [-0.3, -0.25) is 4.99 Å². The minimum Gasteiger partial charge on any atom is -0.385 e. The molecule has 1 N–H and O–H groups in total. The summed E-state index contributed by atoms with van der Waals surface area (Å²) in [5.74, 6) is 1.71. The topological polar surface area (TPSA) is 46.1 Å². The van der Waals surface area contributed by atoms with E-state index in [0.717, 1.165) is 58.2 Å². The lowest BCUT2D eigenvalue weighted by molar-refractivity contribution is 0.157. The van der Waals surface area contributed by atoms with Crippen molar-refractivity contribution in [2.24, 2.45) is 10.9 Å². The summed E-state index contributed by atoms with van der Waals surface area (Å²) in [5.41, 5.74) is 0. The number of aliphatic imine (C=N–C) groups is 1. The largest absolute Gasteiger partial charge is 0.385 e. The maximum Gasteiger partial charge on any atom is 0.193 e. The first-order chi connectivity index (χ1) is 9.81. The van der Waals surface area contributed by atoms with Crippen LogP contribution in [0.15, 0.2) is 4.99 Å². The summed E-state index contributed by atoms with van der Waals surface area (Å²) in [6.07, 6.45) is 4.64. The summed E-state index contributed by atoms with van der Waals surface area (Å²) in [6.45, 7) is 7.80. The van der Waals surface area contributed by atoms with Crippen molar-refractivity contribution in [3.05, 3.63) is 0 Å². The van der Waals surface area contributed by atoms with E-state index >= 15 is 0 Å². The van der Waals surface area contributed by atoms with Crippen LogP contribution in [0.5, 0.6) is 0 Å². The molecule has 1 unspecified atom stereocenters. The van der Waals surface area contributed by atoms with Gasteiger partial charge in [-0.05, 0) is 32.6 Å². The molecule has 20 heavy (non-hydrogen) atoms. The minimum absolute atomic E-state index is 0.644. The van der Waals surface area contributed by atoms with Crippen LogP contribution in [0.3, 0.4) is 0 Å². The van der Waals surface area contributed by atoms with Gasteiger partial charge >= 0.3 is 0 Å². The van der Waals surface area contributed by atoms with Gasteiger partial charge in [0.05, 0.1) is 6.61 Å². The van der Waals surface area contributed by atoms with Gasteiger partial charge in [-0.15, -0.1) is 0 Å². The molecule has 0 aliphatic carbocycles. The summed E-state index contributed by atoms with van der Waals surface area (Å²) < 4.78 is 10.3.